The molecule has 1 N–H and O–H groups in total. The maximum Gasteiger partial charge on any atom is 0.244 e. The van der Waals surface area contributed by atoms with E-state index in [0.29, 0.717) is 15.8 Å². The summed E-state index contributed by atoms with van der Waals surface area (Å²) in [4.78, 5) is 11.8. The summed E-state index contributed by atoms with van der Waals surface area (Å²) in [5.74, 6) is 0.501. The Balaban J connectivity index is 1.97. The molecule has 1 aromatic carbocycles. The zero-order valence-electron chi connectivity index (χ0n) is 10.8. The number of hydrogen-bond acceptors (Lipinski definition) is 2. The van der Waals surface area contributed by atoms with Crippen LogP contribution in [0.3, 0.4) is 0 Å². The van der Waals surface area contributed by atoms with E-state index in [0.717, 1.165) is 5.56 Å². The van der Waals surface area contributed by atoms with Gasteiger partial charge in [-0.1, -0.05) is 29.3 Å². The van der Waals surface area contributed by atoms with Crippen LogP contribution in [-0.2, 0) is 4.79 Å². The van der Waals surface area contributed by atoms with E-state index in [2.05, 4.69) is 5.32 Å². The van der Waals surface area contributed by atoms with Gasteiger partial charge in [-0.15, -0.1) is 0 Å². The number of amides is 1. The highest BCUT2D eigenvalue weighted by molar-refractivity contribution is 6.42. The number of furan rings is 1. The van der Waals surface area contributed by atoms with Gasteiger partial charge in [-0.25, -0.2) is 0 Å². The first-order chi connectivity index (χ1) is 9.56. The molecule has 1 heterocycles. The highest BCUT2D eigenvalue weighted by Gasteiger charge is 2.09. The molecule has 1 aromatic heterocycles. The summed E-state index contributed by atoms with van der Waals surface area (Å²) >= 11 is 11.7. The van der Waals surface area contributed by atoms with Gasteiger partial charge in [0.15, 0.2) is 0 Å². The highest BCUT2D eigenvalue weighted by atomic mass is 35.5. The van der Waals surface area contributed by atoms with E-state index in [4.69, 9.17) is 27.6 Å². The fourth-order valence-electron chi connectivity index (χ4n) is 1.66. The van der Waals surface area contributed by atoms with Gasteiger partial charge in [-0.3, -0.25) is 4.79 Å². The third-order valence-corrected chi connectivity index (χ3v) is 3.44. The van der Waals surface area contributed by atoms with E-state index in [1.54, 1.807) is 36.6 Å². The van der Waals surface area contributed by atoms with Crippen LogP contribution in [0.15, 0.2) is 47.1 Å². The van der Waals surface area contributed by atoms with Crippen LogP contribution < -0.4 is 5.32 Å². The van der Waals surface area contributed by atoms with E-state index in [1.807, 2.05) is 13.0 Å². The van der Waals surface area contributed by atoms with Gasteiger partial charge in [0, 0.05) is 6.08 Å². The fraction of sp³-hybridized carbons (Fsp3) is 0.133. The summed E-state index contributed by atoms with van der Waals surface area (Å²) in [5, 5.41) is 3.74. The largest absolute Gasteiger partial charge is 0.467 e. The molecular formula is C15H13Cl2NO2. The maximum atomic E-state index is 11.8. The molecule has 1 amide bonds. The monoisotopic (exact) mass is 309 g/mol. The Morgan fingerprint density at radius 3 is 2.75 bits per heavy atom. The molecule has 0 aliphatic heterocycles. The molecule has 0 bridgehead atoms. The summed E-state index contributed by atoms with van der Waals surface area (Å²) in [7, 11) is 0. The lowest BCUT2D eigenvalue weighted by Crippen LogP contribution is -2.24. The molecule has 0 unspecified atom stereocenters. The molecule has 0 aliphatic carbocycles. The quantitative estimate of drug-likeness (QED) is 0.846. The minimum atomic E-state index is -0.208. The molecule has 1 atom stereocenters. The lowest BCUT2D eigenvalue weighted by Gasteiger charge is -2.08. The van der Waals surface area contributed by atoms with Crippen molar-refractivity contribution >= 4 is 35.2 Å². The average molecular weight is 310 g/mol. The van der Waals surface area contributed by atoms with E-state index < -0.39 is 0 Å². The van der Waals surface area contributed by atoms with Crippen LogP contribution in [0.25, 0.3) is 6.08 Å². The summed E-state index contributed by atoms with van der Waals surface area (Å²) in [6, 6.07) is 8.58. The van der Waals surface area contributed by atoms with E-state index in [-0.39, 0.29) is 11.9 Å². The second-order valence-corrected chi connectivity index (χ2v) is 5.07. The van der Waals surface area contributed by atoms with Crippen LogP contribution in [0.4, 0.5) is 0 Å². The number of nitrogens with one attached hydrogen (secondary N) is 1. The van der Waals surface area contributed by atoms with Crippen LogP contribution >= 0.6 is 23.2 Å². The molecule has 0 aliphatic rings. The van der Waals surface area contributed by atoms with Gasteiger partial charge in [0.1, 0.15) is 5.76 Å². The van der Waals surface area contributed by atoms with Crippen molar-refractivity contribution < 1.29 is 9.21 Å². The van der Waals surface area contributed by atoms with Crippen LogP contribution in [-0.4, -0.2) is 5.91 Å². The van der Waals surface area contributed by atoms with Crippen molar-refractivity contribution in [2.75, 3.05) is 0 Å². The third-order valence-electron chi connectivity index (χ3n) is 2.70. The van der Waals surface area contributed by atoms with Crippen molar-refractivity contribution in [2.24, 2.45) is 0 Å². The Bertz CT molecular complexity index is 621. The second-order valence-electron chi connectivity index (χ2n) is 4.25. The van der Waals surface area contributed by atoms with Crippen LogP contribution in [0.2, 0.25) is 10.0 Å². The Labute approximate surface area is 127 Å². The lowest BCUT2D eigenvalue weighted by atomic mass is 10.2. The molecule has 2 rings (SSSR count). The Hall–Kier alpha value is -1.71. The minimum absolute atomic E-state index is 0.184. The fourth-order valence-corrected chi connectivity index (χ4v) is 1.96. The first-order valence-corrected chi connectivity index (χ1v) is 6.79. The van der Waals surface area contributed by atoms with Gasteiger partial charge >= 0.3 is 0 Å². The number of hydrogen-bond donors (Lipinski definition) is 1. The van der Waals surface area contributed by atoms with E-state index >= 15 is 0 Å². The van der Waals surface area contributed by atoms with Gasteiger partial charge in [-0.2, -0.15) is 0 Å². The lowest BCUT2D eigenvalue weighted by molar-refractivity contribution is -0.117. The SMILES string of the molecule is C[C@H](NC(=O)/C=C/c1ccc(Cl)c(Cl)c1)c1ccco1. The topological polar surface area (TPSA) is 42.2 Å². The molecule has 104 valence electrons. The molecule has 0 spiro atoms. The molecule has 0 fully saturated rings. The van der Waals surface area contributed by atoms with Crippen LogP contribution in [0.1, 0.15) is 24.3 Å². The maximum absolute atomic E-state index is 11.8. The predicted molar refractivity (Wildman–Crippen MR) is 80.8 cm³/mol. The number of halogens is 2. The van der Waals surface area contributed by atoms with Gasteiger partial charge in [0.2, 0.25) is 5.91 Å². The first kappa shape index (κ1) is 14.7. The molecule has 2 aromatic rings. The van der Waals surface area contributed by atoms with E-state index in [9.17, 15) is 4.79 Å². The molecular weight excluding hydrogens is 297 g/mol. The van der Waals surface area contributed by atoms with Crippen LogP contribution in [0.5, 0.6) is 0 Å². The molecule has 5 heteroatoms. The van der Waals surface area contributed by atoms with Crippen molar-refractivity contribution in [3.05, 3.63) is 64.0 Å². The van der Waals surface area contributed by atoms with Crippen molar-refractivity contribution in [2.45, 2.75) is 13.0 Å². The highest BCUT2D eigenvalue weighted by Crippen LogP contribution is 2.23. The van der Waals surface area contributed by atoms with Gasteiger partial charge in [0.05, 0.1) is 22.4 Å². The summed E-state index contributed by atoms with van der Waals surface area (Å²) in [6.45, 7) is 1.85. The first-order valence-electron chi connectivity index (χ1n) is 6.03. The normalized spacial score (nSPS) is 12.6. The predicted octanol–water partition coefficient (Wildman–Crippen LogP) is 4.48. The molecule has 3 nitrogen and oxygen atoms in total. The zero-order chi connectivity index (χ0) is 14.5. The molecule has 0 saturated carbocycles. The standard InChI is InChI=1S/C15H13Cl2NO2/c1-10(14-3-2-8-20-14)18-15(19)7-5-11-4-6-12(16)13(17)9-11/h2-10H,1H3,(H,18,19)/b7-5+/t10-/m0/s1. The smallest absolute Gasteiger partial charge is 0.244 e. The van der Waals surface area contributed by atoms with Gasteiger partial charge in [-0.05, 0) is 42.8 Å². The van der Waals surface area contributed by atoms with Crippen LogP contribution in [0, 0.1) is 0 Å². The Kier molecular flexibility index (Phi) is 4.88. The van der Waals surface area contributed by atoms with Gasteiger partial charge in [0.25, 0.3) is 0 Å². The van der Waals surface area contributed by atoms with Crippen molar-refractivity contribution in [1.29, 1.82) is 0 Å². The average Bonchev–Trinajstić information content (AvgIpc) is 2.94. The molecule has 0 radical (unpaired) electrons. The van der Waals surface area contributed by atoms with Gasteiger partial charge < -0.3 is 9.73 Å². The van der Waals surface area contributed by atoms with Crippen molar-refractivity contribution in [3.63, 3.8) is 0 Å². The Morgan fingerprint density at radius 1 is 1.30 bits per heavy atom. The van der Waals surface area contributed by atoms with E-state index in [1.165, 1.54) is 6.08 Å². The Morgan fingerprint density at radius 2 is 2.10 bits per heavy atom. The zero-order valence-corrected chi connectivity index (χ0v) is 12.3. The number of carbonyl (C=O) groups excluding carboxylic acids is 1. The number of benzene rings is 1. The second kappa shape index (κ2) is 6.64. The minimum Gasteiger partial charge on any atom is -0.467 e. The summed E-state index contributed by atoms with van der Waals surface area (Å²) < 4.78 is 5.22. The molecule has 20 heavy (non-hydrogen) atoms. The molecule has 0 saturated heterocycles. The third kappa shape index (κ3) is 3.89. The summed E-state index contributed by atoms with van der Waals surface area (Å²) in [5.41, 5.74) is 0.806. The van der Waals surface area contributed by atoms with Crippen molar-refractivity contribution in [3.8, 4) is 0 Å². The summed E-state index contributed by atoms with van der Waals surface area (Å²) in [6.07, 6.45) is 4.69. The number of carbonyl (C=O) groups is 1. The number of rotatable bonds is 4. The van der Waals surface area contributed by atoms with Crippen molar-refractivity contribution in [1.82, 2.24) is 5.32 Å².